The summed E-state index contributed by atoms with van der Waals surface area (Å²) in [6, 6.07) is 10.1. The van der Waals surface area contributed by atoms with Gasteiger partial charge in [-0.1, -0.05) is 17.7 Å². The number of hydrogen-bond acceptors (Lipinski definition) is 4. The molecule has 2 fully saturated rings. The van der Waals surface area contributed by atoms with Gasteiger partial charge in [-0.2, -0.15) is 13.2 Å². The molecule has 0 radical (unpaired) electrons. The Morgan fingerprint density at radius 3 is 2.16 bits per heavy atom. The fraction of sp³-hybridized carbons (Fsp3) is 0.478. The second-order valence-corrected chi connectivity index (χ2v) is 10.3. The first-order chi connectivity index (χ1) is 15.1. The first-order valence-corrected chi connectivity index (χ1v) is 12.4. The molecule has 0 amide bonds. The molecule has 2 aliphatic rings. The number of alkyl halides is 3. The van der Waals surface area contributed by atoms with Gasteiger partial charge in [0, 0.05) is 24.8 Å². The lowest BCUT2D eigenvalue weighted by Gasteiger charge is -2.38. The SMILES string of the molecule is Cc1ccc(S(=O)(=O)Nc2cc(N3CCC(N4CCCC4)CC3)cc(C(F)(F)F)c2)cc1. The predicted molar refractivity (Wildman–Crippen MR) is 119 cm³/mol. The van der Waals surface area contributed by atoms with Crippen LogP contribution in [0.15, 0.2) is 47.4 Å². The van der Waals surface area contributed by atoms with E-state index in [4.69, 9.17) is 0 Å². The molecule has 1 N–H and O–H groups in total. The fourth-order valence-electron chi connectivity index (χ4n) is 4.54. The normalized spacial score (nSPS) is 18.8. The van der Waals surface area contributed by atoms with Gasteiger partial charge >= 0.3 is 6.18 Å². The van der Waals surface area contributed by atoms with Gasteiger partial charge < -0.3 is 9.80 Å². The van der Waals surface area contributed by atoms with Gasteiger partial charge in [0.1, 0.15) is 0 Å². The summed E-state index contributed by atoms with van der Waals surface area (Å²) in [7, 11) is -4.00. The van der Waals surface area contributed by atoms with Crippen molar-refractivity contribution in [2.45, 2.75) is 49.7 Å². The van der Waals surface area contributed by atoms with Crippen LogP contribution >= 0.6 is 0 Å². The number of aryl methyl sites for hydroxylation is 1. The molecule has 0 spiro atoms. The largest absolute Gasteiger partial charge is 0.416 e. The van der Waals surface area contributed by atoms with Crippen molar-refractivity contribution in [1.82, 2.24) is 4.90 Å². The van der Waals surface area contributed by atoms with Crippen molar-refractivity contribution in [3.63, 3.8) is 0 Å². The third kappa shape index (κ3) is 5.20. The highest BCUT2D eigenvalue weighted by Crippen LogP contribution is 2.36. The van der Waals surface area contributed by atoms with Crippen LogP contribution in [-0.4, -0.2) is 45.5 Å². The smallest absolute Gasteiger partial charge is 0.371 e. The monoisotopic (exact) mass is 467 g/mol. The zero-order chi connectivity index (χ0) is 22.9. The molecule has 174 valence electrons. The number of rotatable bonds is 5. The van der Waals surface area contributed by atoms with E-state index in [1.807, 2.05) is 11.8 Å². The number of likely N-dealkylation sites (tertiary alicyclic amines) is 1. The molecule has 0 aliphatic carbocycles. The van der Waals surface area contributed by atoms with Crippen LogP contribution in [0.25, 0.3) is 0 Å². The molecule has 2 aromatic carbocycles. The van der Waals surface area contributed by atoms with Crippen LogP contribution in [0.2, 0.25) is 0 Å². The standard InChI is InChI=1S/C23H28F3N3O2S/c1-17-4-6-22(7-5-17)32(30,31)27-19-14-18(23(24,25)26)15-21(16-19)29-12-8-20(9-13-29)28-10-2-3-11-28/h4-7,14-16,20,27H,2-3,8-13H2,1H3. The van der Waals surface area contributed by atoms with Crippen molar-refractivity contribution in [2.24, 2.45) is 0 Å². The highest BCUT2D eigenvalue weighted by Gasteiger charge is 2.33. The number of benzene rings is 2. The Bertz CT molecular complexity index is 1040. The Labute approximate surface area is 187 Å². The van der Waals surface area contributed by atoms with Crippen molar-refractivity contribution in [3.8, 4) is 0 Å². The molecule has 2 heterocycles. The summed E-state index contributed by atoms with van der Waals surface area (Å²) in [5.41, 5.74) is 0.333. The number of nitrogens with zero attached hydrogens (tertiary/aromatic N) is 2. The lowest BCUT2D eigenvalue weighted by molar-refractivity contribution is -0.137. The fourth-order valence-corrected chi connectivity index (χ4v) is 5.58. The summed E-state index contributed by atoms with van der Waals surface area (Å²) in [5.74, 6) is 0. The molecule has 9 heteroatoms. The molecule has 0 saturated carbocycles. The number of nitrogens with one attached hydrogen (secondary N) is 1. The van der Waals surface area contributed by atoms with Crippen LogP contribution < -0.4 is 9.62 Å². The topological polar surface area (TPSA) is 52.7 Å². The quantitative estimate of drug-likeness (QED) is 0.681. The van der Waals surface area contributed by atoms with Gasteiger partial charge in [-0.05, 0) is 76.0 Å². The first-order valence-electron chi connectivity index (χ1n) is 10.9. The minimum absolute atomic E-state index is 0.00786. The summed E-state index contributed by atoms with van der Waals surface area (Å²) in [6.45, 7) is 5.31. The van der Waals surface area contributed by atoms with Crippen LogP contribution in [0, 0.1) is 6.92 Å². The van der Waals surface area contributed by atoms with Crippen molar-refractivity contribution < 1.29 is 21.6 Å². The molecule has 2 aromatic rings. The van der Waals surface area contributed by atoms with E-state index in [0.717, 1.165) is 43.6 Å². The molecule has 32 heavy (non-hydrogen) atoms. The second-order valence-electron chi connectivity index (χ2n) is 8.65. The van der Waals surface area contributed by atoms with Gasteiger partial charge in [0.15, 0.2) is 0 Å². The van der Waals surface area contributed by atoms with Crippen LogP contribution in [0.4, 0.5) is 24.5 Å². The van der Waals surface area contributed by atoms with Crippen molar-refractivity contribution >= 4 is 21.4 Å². The Kier molecular flexibility index (Phi) is 6.40. The van der Waals surface area contributed by atoms with Crippen molar-refractivity contribution in [2.75, 3.05) is 35.8 Å². The van der Waals surface area contributed by atoms with Gasteiger partial charge in [0.25, 0.3) is 10.0 Å². The Hall–Kier alpha value is -2.26. The molecule has 0 unspecified atom stereocenters. The van der Waals surface area contributed by atoms with Crippen molar-refractivity contribution in [1.29, 1.82) is 0 Å². The van der Waals surface area contributed by atoms with E-state index in [-0.39, 0.29) is 10.6 Å². The molecule has 0 bridgehead atoms. The molecule has 2 saturated heterocycles. The second kappa shape index (κ2) is 8.94. The Morgan fingerprint density at radius 2 is 1.56 bits per heavy atom. The molecule has 2 aliphatic heterocycles. The third-order valence-electron chi connectivity index (χ3n) is 6.32. The minimum Gasteiger partial charge on any atom is -0.371 e. The van der Waals surface area contributed by atoms with E-state index in [2.05, 4.69) is 9.62 Å². The Balaban J connectivity index is 1.57. The number of halogens is 3. The van der Waals surface area contributed by atoms with Gasteiger partial charge in [-0.25, -0.2) is 8.42 Å². The minimum atomic E-state index is -4.58. The van der Waals surface area contributed by atoms with Crippen LogP contribution in [0.3, 0.4) is 0 Å². The summed E-state index contributed by atoms with van der Waals surface area (Å²) in [6.07, 6.45) is -0.383. The van der Waals surface area contributed by atoms with Gasteiger partial charge in [-0.3, -0.25) is 4.72 Å². The van der Waals surface area contributed by atoms with E-state index < -0.39 is 21.8 Å². The van der Waals surface area contributed by atoms with Crippen LogP contribution in [0.5, 0.6) is 0 Å². The summed E-state index contributed by atoms with van der Waals surface area (Å²) < 4.78 is 68.6. The Morgan fingerprint density at radius 1 is 0.938 bits per heavy atom. The highest BCUT2D eigenvalue weighted by atomic mass is 32.2. The molecule has 0 aromatic heterocycles. The number of piperidine rings is 1. The molecule has 5 nitrogen and oxygen atoms in total. The number of sulfonamides is 1. The zero-order valence-corrected chi connectivity index (χ0v) is 18.8. The van der Waals surface area contributed by atoms with Gasteiger partial charge in [0.05, 0.1) is 16.1 Å². The van der Waals surface area contributed by atoms with Crippen molar-refractivity contribution in [3.05, 3.63) is 53.6 Å². The summed E-state index contributed by atoms with van der Waals surface area (Å²) >= 11 is 0. The molecular weight excluding hydrogens is 439 g/mol. The highest BCUT2D eigenvalue weighted by molar-refractivity contribution is 7.92. The van der Waals surface area contributed by atoms with E-state index in [1.165, 1.54) is 31.0 Å². The average Bonchev–Trinajstić information content (AvgIpc) is 3.28. The number of anilines is 2. The maximum Gasteiger partial charge on any atom is 0.416 e. The molecular formula is C23H28F3N3O2S. The first kappa shape index (κ1) is 22.9. The van der Waals surface area contributed by atoms with E-state index in [9.17, 15) is 21.6 Å². The predicted octanol–water partition coefficient (Wildman–Crippen LogP) is 4.88. The van der Waals surface area contributed by atoms with E-state index >= 15 is 0 Å². The molecule has 4 rings (SSSR count). The lowest BCUT2D eigenvalue weighted by atomic mass is 10.0. The van der Waals surface area contributed by atoms with Gasteiger partial charge in [-0.15, -0.1) is 0 Å². The number of hydrogen-bond donors (Lipinski definition) is 1. The molecule has 0 atom stereocenters. The summed E-state index contributed by atoms with van der Waals surface area (Å²) in [5, 5.41) is 0. The summed E-state index contributed by atoms with van der Waals surface area (Å²) in [4.78, 5) is 4.41. The lowest BCUT2D eigenvalue weighted by Crippen LogP contribution is -2.43. The van der Waals surface area contributed by atoms with Gasteiger partial charge in [0.2, 0.25) is 0 Å². The van der Waals surface area contributed by atoms with E-state index in [0.29, 0.717) is 24.8 Å². The van der Waals surface area contributed by atoms with Crippen LogP contribution in [-0.2, 0) is 16.2 Å². The maximum atomic E-state index is 13.6. The average molecular weight is 468 g/mol. The maximum absolute atomic E-state index is 13.6. The third-order valence-corrected chi connectivity index (χ3v) is 7.71. The zero-order valence-electron chi connectivity index (χ0n) is 18.0. The van der Waals surface area contributed by atoms with E-state index in [1.54, 1.807) is 12.1 Å². The van der Waals surface area contributed by atoms with Crippen LogP contribution in [0.1, 0.15) is 36.8 Å².